The number of halogens is 3. The van der Waals surface area contributed by atoms with Gasteiger partial charge in [0.05, 0.1) is 5.56 Å². The number of anilines is 1. The predicted octanol–water partition coefficient (Wildman–Crippen LogP) is 3.94. The Morgan fingerprint density at radius 1 is 1.08 bits per heavy atom. The molecule has 0 spiro atoms. The molecule has 4 nitrogen and oxygen atoms in total. The fourth-order valence-corrected chi connectivity index (χ4v) is 2.30. The number of hydrogen-bond acceptors (Lipinski definition) is 2. The minimum absolute atomic E-state index is 0.168. The van der Waals surface area contributed by atoms with Crippen molar-refractivity contribution in [2.45, 2.75) is 19.6 Å². The van der Waals surface area contributed by atoms with Gasteiger partial charge in [-0.15, -0.1) is 0 Å². The van der Waals surface area contributed by atoms with Crippen LogP contribution in [0.4, 0.5) is 18.9 Å². The van der Waals surface area contributed by atoms with Crippen LogP contribution in [0.3, 0.4) is 0 Å². The lowest BCUT2D eigenvalue weighted by molar-refractivity contribution is -0.137. The van der Waals surface area contributed by atoms with Gasteiger partial charge in [-0.1, -0.05) is 18.2 Å². The second-order valence-corrected chi connectivity index (χ2v) is 5.62. The molecule has 25 heavy (non-hydrogen) atoms. The standard InChI is InChI=1S/C18H17F3N2O2/c1-12(24)22-16-5-3-4-14(10-16)17(25)23(2)11-13-6-8-15(9-7-13)18(19,20)21/h3-10H,11H2,1-2H3,(H,22,24). The van der Waals surface area contributed by atoms with Crippen LogP contribution in [0.15, 0.2) is 48.5 Å². The Kier molecular flexibility index (Phi) is 5.46. The quantitative estimate of drug-likeness (QED) is 0.908. The Hall–Kier alpha value is -2.83. The lowest BCUT2D eigenvalue weighted by Crippen LogP contribution is -2.26. The van der Waals surface area contributed by atoms with Crippen molar-refractivity contribution >= 4 is 17.5 Å². The van der Waals surface area contributed by atoms with Crippen LogP contribution in [0, 0.1) is 0 Å². The molecule has 0 unspecified atom stereocenters. The molecular formula is C18H17F3N2O2. The molecular weight excluding hydrogens is 333 g/mol. The molecule has 0 aromatic heterocycles. The van der Waals surface area contributed by atoms with Crippen LogP contribution < -0.4 is 5.32 Å². The monoisotopic (exact) mass is 350 g/mol. The van der Waals surface area contributed by atoms with Gasteiger partial charge in [0.2, 0.25) is 5.91 Å². The third-order valence-electron chi connectivity index (χ3n) is 3.48. The summed E-state index contributed by atoms with van der Waals surface area (Å²) in [5, 5.41) is 2.59. The van der Waals surface area contributed by atoms with E-state index in [0.29, 0.717) is 16.8 Å². The number of nitrogens with one attached hydrogen (secondary N) is 1. The Balaban J connectivity index is 2.09. The molecule has 0 saturated heterocycles. The van der Waals surface area contributed by atoms with E-state index >= 15 is 0 Å². The fraction of sp³-hybridized carbons (Fsp3) is 0.222. The minimum Gasteiger partial charge on any atom is -0.337 e. The predicted molar refractivity (Wildman–Crippen MR) is 88.0 cm³/mol. The first-order valence-electron chi connectivity index (χ1n) is 7.46. The Morgan fingerprint density at radius 2 is 1.72 bits per heavy atom. The third kappa shape index (κ3) is 5.07. The first-order valence-corrected chi connectivity index (χ1v) is 7.46. The maximum Gasteiger partial charge on any atom is 0.416 e. The lowest BCUT2D eigenvalue weighted by atomic mass is 10.1. The summed E-state index contributed by atoms with van der Waals surface area (Å²) in [6, 6.07) is 11.1. The second-order valence-electron chi connectivity index (χ2n) is 5.62. The third-order valence-corrected chi connectivity index (χ3v) is 3.48. The van der Waals surface area contributed by atoms with Gasteiger partial charge in [0, 0.05) is 31.8 Å². The van der Waals surface area contributed by atoms with Crippen molar-refractivity contribution in [2.75, 3.05) is 12.4 Å². The van der Waals surface area contributed by atoms with E-state index in [4.69, 9.17) is 0 Å². The molecule has 0 aliphatic carbocycles. The maximum absolute atomic E-state index is 12.6. The molecule has 7 heteroatoms. The summed E-state index contributed by atoms with van der Waals surface area (Å²) >= 11 is 0. The van der Waals surface area contributed by atoms with E-state index in [9.17, 15) is 22.8 Å². The van der Waals surface area contributed by atoms with Crippen molar-refractivity contribution < 1.29 is 22.8 Å². The fourth-order valence-electron chi connectivity index (χ4n) is 2.30. The van der Waals surface area contributed by atoms with Crippen molar-refractivity contribution in [1.82, 2.24) is 4.90 Å². The molecule has 2 amide bonds. The zero-order valence-electron chi connectivity index (χ0n) is 13.7. The number of alkyl halides is 3. The lowest BCUT2D eigenvalue weighted by Gasteiger charge is -2.18. The highest BCUT2D eigenvalue weighted by Crippen LogP contribution is 2.29. The van der Waals surface area contributed by atoms with Gasteiger partial charge in [0.15, 0.2) is 0 Å². The van der Waals surface area contributed by atoms with Gasteiger partial charge >= 0.3 is 6.18 Å². The van der Waals surface area contributed by atoms with Crippen molar-refractivity contribution in [2.24, 2.45) is 0 Å². The summed E-state index contributed by atoms with van der Waals surface area (Å²) in [5.74, 6) is -0.546. The maximum atomic E-state index is 12.6. The molecule has 0 bridgehead atoms. The molecule has 132 valence electrons. The molecule has 0 fully saturated rings. The summed E-state index contributed by atoms with van der Waals surface area (Å²) in [4.78, 5) is 24.9. The van der Waals surface area contributed by atoms with Crippen LogP contribution in [0.5, 0.6) is 0 Å². The molecule has 1 N–H and O–H groups in total. The van der Waals surface area contributed by atoms with E-state index < -0.39 is 11.7 Å². The van der Waals surface area contributed by atoms with Gasteiger partial charge in [0.1, 0.15) is 0 Å². The van der Waals surface area contributed by atoms with E-state index in [0.717, 1.165) is 12.1 Å². The highest BCUT2D eigenvalue weighted by molar-refractivity contribution is 5.96. The van der Waals surface area contributed by atoms with Crippen LogP contribution in [-0.4, -0.2) is 23.8 Å². The summed E-state index contributed by atoms with van der Waals surface area (Å²) in [7, 11) is 1.56. The number of benzene rings is 2. The topological polar surface area (TPSA) is 49.4 Å². The largest absolute Gasteiger partial charge is 0.416 e. The number of amides is 2. The van der Waals surface area contributed by atoms with Gasteiger partial charge in [-0.05, 0) is 35.9 Å². The van der Waals surface area contributed by atoms with Gasteiger partial charge < -0.3 is 10.2 Å². The smallest absolute Gasteiger partial charge is 0.337 e. The zero-order valence-corrected chi connectivity index (χ0v) is 13.7. The molecule has 2 rings (SSSR count). The van der Waals surface area contributed by atoms with Gasteiger partial charge in [-0.3, -0.25) is 9.59 Å². The van der Waals surface area contributed by atoms with Crippen LogP contribution in [-0.2, 0) is 17.5 Å². The van der Waals surface area contributed by atoms with Crippen molar-refractivity contribution in [3.63, 3.8) is 0 Å². The average Bonchev–Trinajstić information content (AvgIpc) is 2.53. The molecule has 0 atom stereocenters. The summed E-state index contributed by atoms with van der Waals surface area (Å²) < 4.78 is 37.7. The Morgan fingerprint density at radius 3 is 2.28 bits per heavy atom. The van der Waals surface area contributed by atoms with Gasteiger partial charge in [-0.25, -0.2) is 0 Å². The normalized spacial score (nSPS) is 11.1. The summed E-state index contributed by atoms with van der Waals surface area (Å²) in [6.07, 6.45) is -4.38. The molecule has 0 radical (unpaired) electrons. The first-order chi connectivity index (χ1) is 11.7. The number of hydrogen-bond donors (Lipinski definition) is 1. The first kappa shape index (κ1) is 18.5. The summed E-state index contributed by atoms with van der Waals surface area (Å²) in [5.41, 5.74) is 0.733. The van der Waals surface area contributed by atoms with Crippen LogP contribution in [0.2, 0.25) is 0 Å². The molecule has 0 aliphatic rings. The van der Waals surface area contributed by atoms with Crippen molar-refractivity contribution in [3.05, 3.63) is 65.2 Å². The average molecular weight is 350 g/mol. The molecule has 0 aliphatic heterocycles. The summed E-state index contributed by atoms with van der Waals surface area (Å²) in [6.45, 7) is 1.53. The Bertz CT molecular complexity index is 771. The Labute approximate surface area is 143 Å². The number of rotatable bonds is 4. The molecule has 2 aromatic carbocycles. The van der Waals surface area contributed by atoms with Crippen LogP contribution >= 0.6 is 0 Å². The number of nitrogens with zero attached hydrogens (tertiary/aromatic N) is 1. The number of carbonyl (C=O) groups is 2. The minimum atomic E-state index is -4.38. The van der Waals surface area contributed by atoms with Crippen molar-refractivity contribution in [3.8, 4) is 0 Å². The zero-order chi connectivity index (χ0) is 18.6. The van der Waals surface area contributed by atoms with E-state index in [2.05, 4.69) is 5.32 Å². The molecule has 2 aromatic rings. The van der Waals surface area contributed by atoms with Crippen LogP contribution in [0.1, 0.15) is 28.4 Å². The molecule has 0 saturated carbocycles. The van der Waals surface area contributed by atoms with Crippen molar-refractivity contribution in [1.29, 1.82) is 0 Å². The molecule has 0 heterocycles. The van der Waals surface area contributed by atoms with E-state index in [1.807, 2.05) is 0 Å². The van der Waals surface area contributed by atoms with Gasteiger partial charge in [-0.2, -0.15) is 13.2 Å². The van der Waals surface area contributed by atoms with Crippen LogP contribution in [0.25, 0.3) is 0 Å². The van der Waals surface area contributed by atoms with E-state index in [-0.39, 0.29) is 18.4 Å². The second kappa shape index (κ2) is 7.38. The van der Waals surface area contributed by atoms with E-state index in [1.165, 1.54) is 24.0 Å². The van der Waals surface area contributed by atoms with Gasteiger partial charge in [0.25, 0.3) is 5.91 Å². The van der Waals surface area contributed by atoms with E-state index in [1.54, 1.807) is 31.3 Å². The highest BCUT2D eigenvalue weighted by atomic mass is 19.4. The highest BCUT2D eigenvalue weighted by Gasteiger charge is 2.30. The number of carbonyl (C=O) groups excluding carboxylic acids is 2. The SMILES string of the molecule is CC(=O)Nc1cccc(C(=O)N(C)Cc2ccc(C(F)(F)F)cc2)c1.